The van der Waals surface area contributed by atoms with E-state index >= 15 is 0 Å². The topological polar surface area (TPSA) is 40.6 Å². The first-order valence-electron chi connectivity index (χ1n) is 7.15. The first-order chi connectivity index (χ1) is 10.1. The number of likely N-dealkylation sites (tertiary alicyclic amines) is 1. The van der Waals surface area contributed by atoms with Crippen LogP contribution < -0.4 is 4.90 Å². The van der Waals surface area contributed by atoms with Crippen LogP contribution in [0.5, 0.6) is 0 Å². The molecule has 2 aliphatic heterocycles. The number of hydrogen-bond acceptors (Lipinski definition) is 3. The van der Waals surface area contributed by atoms with Crippen LogP contribution in [0, 0.1) is 11.6 Å². The summed E-state index contributed by atoms with van der Waals surface area (Å²) < 4.78 is 27.1. The lowest BCUT2D eigenvalue weighted by molar-refractivity contribution is -0.114. The Bertz CT molecular complexity index is 598. The molecule has 0 unspecified atom stereocenters. The molecule has 0 spiro atoms. The van der Waals surface area contributed by atoms with E-state index in [1.807, 2.05) is 0 Å². The zero-order chi connectivity index (χ0) is 15.0. The minimum atomic E-state index is -0.858. The fraction of sp³-hybridized carbons (Fsp3) is 0.467. The number of ketones is 1. The van der Waals surface area contributed by atoms with Crippen molar-refractivity contribution in [3.63, 3.8) is 0 Å². The molecule has 0 N–H and O–H groups in total. The highest BCUT2D eigenvalue weighted by molar-refractivity contribution is 6.52. The summed E-state index contributed by atoms with van der Waals surface area (Å²) >= 11 is 0. The molecule has 1 amide bonds. The first kappa shape index (κ1) is 14.1. The Labute approximate surface area is 121 Å². The molecule has 4 nitrogen and oxygen atoms in total. The summed E-state index contributed by atoms with van der Waals surface area (Å²) in [5, 5.41) is 0. The average Bonchev–Trinajstić information content (AvgIpc) is 2.71. The predicted molar refractivity (Wildman–Crippen MR) is 73.3 cm³/mol. The van der Waals surface area contributed by atoms with E-state index in [-0.39, 0.29) is 17.8 Å². The largest absolute Gasteiger partial charge is 0.302 e. The van der Waals surface area contributed by atoms with Crippen LogP contribution in [0.2, 0.25) is 0 Å². The lowest BCUT2D eigenvalue weighted by atomic mass is 10.1. The Balaban J connectivity index is 1.80. The van der Waals surface area contributed by atoms with Crippen LogP contribution in [0.15, 0.2) is 12.1 Å². The van der Waals surface area contributed by atoms with Crippen molar-refractivity contribution in [2.45, 2.75) is 19.3 Å². The smallest absolute Gasteiger partial charge is 0.299 e. The number of amides is 1. The molecular formula is C15H16F2N2O2. The Hall–Kier alpha value is -1.82. The van der Waals surface area contributed by atoms with Crippen molar-refractivity contribution >= 4 is 17.4 Å². The molecular weight excluding hydrogens is 278 g/mol. The second kappa shape index (κ2) is 5.52. The SMILES string of the molecule is O=C1C(=O)N(CCN2CCCCC2)c2c(F)cc(F)cc21. The highest BCUT2D eigenvalue weighted by atomic mass is 19.1. The van der Waals surface area contributed by atoms with Crippen LogP contribution in [0.25, 0.3) is 0 Å². The van der Waals surface area contributed by atoms with E-state index in [0.29, 0.717) is 12.6 Å². The highest BCUT2D eigenvalue weighted by Gasteiger charge is 2.38. The number of hydrogen-bond donors (Lipinski definition) is 0. The van der Waals surface area contributed by atoms with E-state index < -0.39 is 23.3 Å². The van der Waals surface area contributed by atoms with Gasteiger partial charge in [-0.25, -0.2) is 8.78 Å². The van der Waals surface area contributed by atoms with Gasteiger partial charge < -0.3 is 9.80 Å². The molecule has 1 aromatic carbocycles. The Morgan fingerprint density at radius 2 is 1.71 bits per heavy atom. The van der Waals surface area contributed by atoms with Crippen molar-refractivity contribution in [3.05, 3.63) is 29.3 Å². The number of benzene rings is 1. The highest BCUT2D eigenvalue weighted by Crippen LogP contribution is 2.32. The van der Waals surface area contributed by atoms with Gasteiger partial charge in [-0.2, -0.15) is 0 Å². The van der Waals surface area contributed by atoms with Crippen molar-refractivity contribution in [1.29, 1.82) is 0 Å². The molecule has 0 radical (unpaired) electrons. The van der Waals surface area contributed by atoms with Gasteiger partial charge >= 0.3 is 0 Å². The lowest BCUT2D eigenvalue weighted by Gasteiger charge is -2.28. The fourth-order valence-corrected chi connectivity index (χ4v) is 2.99. The quantitative estimate of drug-likeness (QED) is 0.800. The number of halogens is 2. The maximum atomic E-state index is 13.9. The average molecular weight is 294 g/mol. The molecule has 0 aliphatic carbocycles. The maximum Gasteiger partial charge on any atom is 0.299 e. The van der Waals surface area contributed by atoms with E-state index in [2.05, 4.69) is 4.90 Å². The van der Waals surface area contributed by atoms with Crippen LogP contribution in [0.3, 0.4) is 0 Å². The first-order valence-corrected chi connectivity index (χ1v) is 7.15. The van der Waals surface area contributed by atoms with E-state index in [0.717, 1.165) is 36.9 Å². The number of piperidine rings is 1. The van der Waals surface area contributed by atoms with Crippen molar-refractivity contribution in [2.75, 3.05) is 31.1 Å². The van der Waals surface area contributed by atoms with Crippen molar-refractivity contribution in [1.82, 2.24) is 4.90 Å². The summed E-state index contributed by atoms with van der Waals surface area (Å²) in [6.45, 7) is 2.75. The summed E-state index contributed by atoms with van der Waals surface area (Å²) in [5.74, 6) is -3.30. The number of carbonyl (C=O) groups is 2. The number of nitrogens with zero attached hydrogens (tertiary/aromatic N) is 2. The maximum absolute atomic E-state index is 13.9. The fourth-order valence-electron chi connectivity index (χ4n) is 2.99. The standard InChI is InChI=1S/C15H16F2N2O2/c16-10-8-11-13(12(17)9-10)19(15(21)14(11)20)7-6-18-4-2-1-3-5-18/h8-9H,1-7H2. The molecule has 1 saturated heterocycles. The van der Waals surface area contributed by atoms with Crippen LogP contribution >= 0.6 is 0 Å². The molecule has 0 saturated carbocycles. The van der Waals surface area contributed by atoms with Gasteiger partial charge in [0.15, 0.2) is 5.82 Å². The lowest BCUT2D eigenvalue weighted by Crippen LogP contribution is -2.40. The Morgan fingerprint density at radius 1 is 1.00 bits per heavy atom. The Morgan fingerprint density at radius 3 is 2.43 bits per heavy atom. The second-order valence-electron chi connectivity index (χ2n) is 5.47. The van der Waals surface area contributed by atoms with E-state index in [1.54, 1.807) is 0 Å². The number of Topliss-reactive ketones (excluding diaryl/α,β-unsaturated/α-hetero) is 1. The monoisotopic (exact) mass is 294 g/mol. The zero-order valence-electron chi connectivity index (χ0n) is 11.6. The van der Waals surface area contributed by atoms with Crippen LogP contribution in [0.1, 0.15) is 29.6 Å². The summed E-state index contributed by atoms with van der Waals surface area (Å²) in [4.78, 5) is 27.1. The number of rotatable bonds is 3. The van der Waals surface area contributed by atoms with Gasteiger partial charge in [-0.05, 0) is 32.0 Å². The third kappa shape index (κ3) is 2.55. The molecule has 112 valence electrons. The summed E-state index contributed by atoms with van der Waals surface area (Å²) in [6, 6.07) is 1.64. The van der Waals surface area contributed by atoms with Crippen molar-refractivity contribution < 1.29 is 18.4 Å². The van der Waals surface area contributed by atoms with Gasteiger partial charge in [-0.15, -0.1) is 0 Å². The summed E-state index contributed by atoms with van der Waals surface area (Å²) in [6.07, 6.45) is 3.43. The van der Waals surface area contributed by atoms with Crippen LogP contribution in [-0.4, -0.2) is 42.8 Å². The van der Waals surface area contributed by atoms with Gasteiger partial charge in [-0.1, -0.05) is 6.42 Å². The minimum absolute atomic E-state index is 0.0802. The zero-order valence-corrected chi connectivity index (χ0v) is 11.6. The van der Waals surface area contributed by atoms with Crippen molar-refractivity contribution in [2.24, 2.45) is 0 Å². The van der Waals surface area contributed by atoms with Gasteiger partial charge in [0, 0.05) is 19.2 Å². The molecule has 1 aromatic rings. The molecule has 21 heavy (non-hydrogen) atoms. The molecule has 0 atom stereocenters. The molecule has 6 heteroatoms. The molecule has 0 bridgehead atoms. The third-order valence-electron chi connectivity index (χ3n) is 4.07. The van der Waals surface area contributed by atoms with Gasteiger partial charge in [-0.3, -0.25) is 9.59 Å². The van der Waals surface area contributed by atoms with Crippen LogP contribution in [-0.2, 0) is 4.79 Å². The summed E-state index contributed by atoms with van der Waals surface area (Å²) in [5.41, 5.74) is -0.250. The van der Waals surface area contributed by atoms with Gasteiger partial charge in [0.25, 0.3) is 11.7 Å². The van der Waals surface area contributed by atoms with E-state index in [1.165, 1.54) is 6.42 Å². The van der Waals surface area contributed by atoms with Gasteiger partial charge in [0.2, 0.25) is 0 Å². The second-order valence-corrected chi connectivity index (χ2v) is 5.47. The minimum Gasteiger partial charge on any atom is -0.302 e. The number of anilines is 1. The van der Waals surface area contributed by atoms with Gasteiger partial charge in [0.05, 0.1) is 11.3 Å². The van der Waals surface area contributed by atoms with E-state index in [9.17, 15) is 18.4 Å². The molecule has 2 heterocycles. The normalized spacial score (nSPS) is 19.2. The van der Waals surface area contributed by atoms with Crippen LogP contribution in [0.4, 0.5) is 14.5 Å². The molecule has 2 aliphatic rings. The molecule has 3 rings (SSSR count). The summed E-state index contributed by atoms with van der Waals surface area (Å²) in [7, 11) is 0. The predicted octanol–water partition coefficient (Wildman–Crippen LogP) is 1.98. The van der Waals surface area contributed by atoms with Gasteiger partial charge in [0.1, 0.15) is 5.82 Å². The third-order valence-corrected chi connectivity index (χ3v) is 4.07. The number of carbonyl (C=O) groups excluding carboxylic acids is 2. The van der Waals surface area contributed by atoms with E-state index in [4.69, 9.17) is 0 Å². The molecule has 0 aromatic heterocycles. The molecule has 1 fully saturated rings. The van der Waals surface area contributed by atoms with Crippen molar-refractivity contribution in [3.8, 4) is 0 Å². The Kier molecular flexibility index (Phi) is 3.71. The number of fused-ring (bicyclic) bond motifs is 1.